The molecule has 4 heteroatoms. The second kappa shape index (κ2) is 8.06. The number of aryl methyl sites for hydroxylation is 1. The fourth-order valence-electron chi connectivity index (χ4n) is 2.83. The summed E-state index contributed by atoms with van der Waals surface area (Å²) in [4.78, 5) is 2.57. The van der Waals surface area contributed by atoms with Crippen molar-refractivity contribution in [2.45, 2.75) is 38.6 Å². The van der Waals surface area contributed by atoms with E-state index in [1.807, 2.05) is 0 Å². The lowest BCUT2D eigenvalue weighted by Gasteiger charge is -2.40. The molecule has 118 valence electrons. The quantitative estimate of drug-likeness (QED) is 0.816. The normalized spacial score (nSPS) is 22.6. The number of anilines is 1. The van der Waals surface area contributed by atoms with Gasteiger partial charge in [-0.15, -0.1) is 0 Å². The standard InChI is InChI=1S/C17H28N2OS/c1-13-11-16(12-18-7-9-20-4)5-6-17(13)19-8-10-21-15(3)14(19)2/h5-6,11,14-15,18H,7-10,12H2,1-4H3. The van der Waals surface area contributed by atoms with E-state index in [0.29, 0.717) is 11.3 Å². The molecule has 2 rings (SSSR count). The van der Waals surface area contributed by atoms with E-state index in [1.54, 1.807) is 7.11 Å². The van der Waals surface area contributed by atoms with Gasteiger partial charge in [-0.3, -0.25) is 0 Å². The molecule has 1 aromatic carbocycles. The third-order valence-electron chi connectivity index (χ3n) is 4.27. The van der Waals surface area contributed by atoms with Crippen molar-refractivity contribution in [3.8, 4) is 0 Å². The summed E-state index contributed by atoms with van der Waals surface area (Å²) in [6, 6.07) is 7.46. The minimum Gasteiger partial charge on any atom is -0.383 e. The first-order chi connectivity index (χ1) is 10.1. The summed E-state index contributed by atoms with van der Waals surface area (Å²) in [5, 5.41) is 4.11. The minimum atomic E-state index is 0.605. The Morgan fingerprint density at radius 3 is 2.90 bits per heavy atom. The van der Waals surface area contributed by atoms with Gasteiger partial charge in [-0.05, 0) is 31.0 Å². The maximum atomic E-state index is 5.05. The molecule has 21 heavy (non-hydrogen) atoms. The van der Waals surface area contributed by atoms with Crippen LogP contribution >= 0.6 is 11.8 Å². The maximum Gasteiger partial charge on any atom is 0.0587 e. The van der Waals surface area contributed by atoms with Crippen LogP contribution in [0.1, 0.15) is 25.0 Å². The number of thioether (sulfide) groups is 1. The van der Waals surface area contributed by atoms with E-state index in [4.69, 9.17) is 4.74 Å². The molecule has 2 atom stereocenters. The third kappa shape index (κ3) is 4.38. The first-order valence-corrected chi connectivity index (χ1v) is 8.85. The van der Waals surface area contributed by atoms with E-state index in [2.05, 4.69) is 60.9 Å². The number of nitrogens with zero attached hydrogens (tertiary/aromatic N) is 1. The van der Waals surface area contributed by atoms with Crippen LogP contribution in [0.2, 0.25) is 0 Å². The van der Waals surface area contributed by atoms with Crippen molar-refractivity contribution in [3.05, 3.63) is 29.3 Å². The highest BCUT2D eigenvalue weighted by molar-refractivity contribution is 8.00. The molecular weight excluding hydrogens is 280 g/mol. The van der Waals surface area contributed by atoms with Gasteiger partial charge in [-0.25, -0.2) is 0 Å². The lowest BCUT2D eigenvalue weighted by molar-refractivity contribution is 0.199. The molecule has 1 fully saturated rings. The summed E-state index contributed by atoms with van der Waals surface area (Å²) in [6.45, 7) is 10.6. The Labute approximate surface area is 133 Å². The largest absolute Gasteiger partial charge is 0.383 e. The van der Waals surface area contributed by atoms with Crippen LogP contribution in [0.5, 0.6) is 0 Å². The zero-order valence-electron chi connectivity index (χ0n) is 13.7. The number of rotatable bonds is 6. The number of ether oxygens (including phenoxy) is 1. The number of nitrogens with one attached hydrogen (secondary N) is 1. The van der Waals surface area contributed by atoms with Gasteiger partial charge in [0, 0.05) is 49.5 Å². The second-order valence-electron chi connectivity index (χ2n) is 5.80. The zero-order valence-corrected chi connectivity index (χ0v) is 14.5. The molecule has 0 saturated carbocycles. The van der Waals surface area contributed by atoms with Crippen LogP contribution in [0.3, 0.4) is 0 Å². The van der Waals surface area contributed by atoms with Gasteiger partial charge in [0.2, 0.25) is 0 Å². The molecule has 0 spiro atoms. The number of methoxy groups -OCH3 is 1. The molecule has 0 bridgehead atoms. The SMILES string of the molecule is COCCNCc1ccc(N2CCSC(C)C2C)c(C)c1. The summed E-state index contributed by atoms with van der Waals surface area (Å²) in [6.07, 6.45) is 0. The van der Waals surface area contributed by atoms with E-state index < -0.39 is 0 Å². The van der Waals surface area contributed by atoms with E-state index in [0.717, 1.165) is 26.2 Å². The van der Waals surface area contributed by atoms with Crippen LogP contribution in [0.25, 0.3) is 0 Å². The Hall–Kier alpha value is -0.710. The highest BCUT2D eigenvalue weighted by Gasteiger charge is 2.26. The highest BCUT2D eigenvalue weighted by Crippen LogP contribution is 2.31. The van der Waals surface area contributed by atoms with Gasteiger partial charge in [0.15, 0.2) is 0 Å². The van der Waals surface area contributed by atoms with Crippen molar-refractivity contribution in [1.82, 2.24) is 5.32 Å². The Bertz CT molecular complexity index is 452. The second-order valence-corrected chi connectivity index (χ2v) is 7.29. The van der Waals surface area contributed by atoms with Crippen molar-refractivity contribution in [3.63, 3.8) is 0 Å². The summed E-state index contributed by atoms with van der Waals surface area (Å²) in [5.74, 6) is 1.23. The molecule has 0 aliphatic carbocycles. The molecule has 1 aromatic rings. The van der Waals surface area contributed by atoms with E-state index in [-0.39, 0.29) is 0 Å². The first kappa shape index (κ1) is 16.7. The maximum absolute atomic E-state index is 5.05. The molecule has 1 aliphatic heterocycles. The van der Waals surface area contributed by atoms with Crippen molar-refractivity contribution in [2.24, 2.45) is 0 Å². The van der Waals surface area contributed by atoms with Gasteiger partial charge < -0.3 is 15.0 Å². The number of hydrogen-bond donors (Lipinski definition) is 1. The smallest absolute Gasteiger partial charge is 0.0587 e. The first-order valence-electron chi connectivity index (χ1n) is 7.81. The Morgan fingerprint density at radius 2 is 2.19 bits per heavy atom. The van der Waals surface area contributed by atoms with Crippen molar-refractivity contribution in [2.75, 3.05) is 37.5 Å². The lowest BCUT2D eigenvalue weighted by atomic mass is 10.1. The van der Waals surface area contributed by atoms with Gasteiger partial charge in [0.1, 0.15) is 0 Å². The van der Waals surface area contributed by atoms with Crippen LogP contribution in [0, 0.1) is 6.92 Å². The van der Waals surface area contributed by atoms with Crippen molar-refractivity contribution >= 4 is 17.4 Å². The van der Waals surface area contributed by atoms with Crippen molar-refractivity contribution in [1.29, 1.82) is 0 Å². The molecule has 1 aliphatic rings. The molecule has 0 aromatic heterocycles. The number of benzene rings is 1. The molecule has 0 radical (unpaired) electrons. The predicted octanol–water partition coefficient (Wildman–Crippen LogP) is 3.06. The van der Waals surface area contributed by atoms with Gasteiger partial charge in [-0.2, -0.15) is 11.8 Å². The average Bonchev–Trinajstić information content (AvgIpc) is 2.47. The van der Waals surface area contributed by atoms with E-state index >= 15 is 0 Å². The third-order valence-corrected chi connectivity index (χ3v) is 5.60. The van der Waals surface area contributed by atoms with Crippen LogP contribution in [0.4, 0.5) is 5.69 Å². The monoisotopic (exact) mass is 308 g/mol. The van der Waals surface area contributed by atoms with Crippen LogP contribution < -0.4 is 10.2 Å². The van der Waals surface area contributed by atoms with E-state index in [9.17, 15) is 0 Å². The van der Waals surface area contributed by atoms with Gasteiger partial charge in [-0.1, -0.05) is 19.1 Å². The lowest BCUT2D eigenvalue weighted by Crippen LogP contribution is -2.45. The summed E-state index contributed by atoms with van der Waals surface area (Å²) >= 11 is 2.09. The molecule has 1 saturated heterocycles. The Balaban J connectivity index is 2.01. The molecule has 2 unspecified atom stereocenters. The summed E-state index contributed by atoms with van der Waals surface area (Å²) in [5.41, 5.74) is 4.13. The minimum absolute atomic E-state index is 0.605. The van der Waals surface area contributed by atoms with Crippen LogP contribution in [-0.4, -0.2) is 43.9 Å². The van der Waals surface area contributed by atoms with Crippen LogP contribution in [0.15, 0.2) is 18.2 Å². The highest BCUT2D eigenvalue weighted by atomic mass is 32.2. The molecule has 1 N–H and O–H groups in total. The van der Waals surface area contributed by atoms with Gasteiger partial charge >= 0.3 is 0 Å². The Morgan fingerprint density at radius 1 is 1.38 bits per heavy atom. The molecular formula is C17H28N2OS. The Kier molecular flexibility index (Phi) is 6.40. The average molecular weight is 308 g/mol. The van der Waals surface area contributed by atoms with Crippen LogP contribution in [-0.2, 0) is 11.3 Å². The summed E-state index contributed by atoms with van der Waals surface area (Å²) in [7, 11) is 1.74. The van der Waals surface area contributed by atoms with Gasteiger partial charge in [0.05, 0.1) is 6.61 Å². The molecule has 1 heterocycles. The van der Waals surface area contributed by atoms with Crippen molar-refractivity contribution < 1.29 is 4.74 Å². The molecule has 3 nitrogen and oxygen atoms in total. The summed E-state index contributed by atoms with van der Waals surface area (Å²) < 4.78 is 5.05. The van der Waals surface area contributed by atoms with Gasteiger partial charge in [0.25, 0.3) is 0 Å². The van der Waals surface area contributed by atoms with E-state index in [1.165, 1.54) is 22.6 Å². The predicted molar refractivity (Wildman–Crippen MR) is 93.5 cm³/mol. The fourth-order valence-corrected chi connectivity index (χ4v) is 3.93. The number of hydrogen-bond acceptors (Lipinski definition) is 4. The molecule has 0 amide bonds. The topological polar surface area (TPSA) is 24.5 Å². The fraction of sp³-hybridized carbons (Fsp3) is 0.647. The zero-order chi connectivity index (χ0) is 15.2.